The largest absolute Gasteiger partial charge is 0.480 e. The Morgan fingerprint density at radius 2 is 1.83 bits per heavy atom. The third-order valence-electron chi connectivity index (χ3n) is 3.02. The number of alkyl halides is 3. The van der Waals surface area contributed by atoms with E-state index >= 15 is 0 Å². The van der Waals surface area contributed by atoms with Crippen molar-refractivity contribution in [2.75, 3.05) is 7.11 Å². The summed E-state index contributed by atoms with van der Waals surface area (Å²) in [6.07, 6.45) is -3.24. The molecule has 0 atom stereocenters. The van der Waals surface area contributed by atoms with E-state index in [0.717, 1.165) is 6.07 Å². The van der Waals surface area contributed by atoms with E-state index in [2.05, 4.69) is 19.9 Å². The van der Waals surface area contributed by atoms with Gasteiger partial charge < -0.3 is 4.74 Å². The van der Waals surface area contributed by atoms with Crippen LogP contribution in [0.5, 0.6) is 5.88 Å². The van der Waals surface area contributed by atoms with E-state index in [-0.39, 0.29) is 33.6 Å². The standard InChI is InChI=1S/C14H8ClF3N4O/c1-23-9-6-19-13-10(20-9)11(15)21-12(22-13)7-4-2-3-5-8(7)14(16,17)18/h2-6H,1H3. The van der Waals surface area contributed by atoms with Crippen molar-refractivity contribution in [3.63, 3.8) is 0 Å². The molecule has 0 unspecified atom stereocenters. The normalized spacial score (nSPS) is 11.7. The van der Waals surface area contributed by atoms with Crippen LogP contribution in [0, 0.1) is 0 Å². The van der Waals surface area contributed by atoms with Crippen molar-refractivity contribution in [2.45, 2.75) is 6.18 Å². The summed E-state index contributed by atoms with van der Waals surface area (Å²) in [5.74, 6) is 0.0290. The molecule has 3 rings (SSSR count). The molecule has 3 aromatic rings. The molecule has 0 aliphatic rings. The summed E-state index contributed by atoms with van der Waals surface area (Å²) in [6, 6.07) is 4.99. The van der Waals surface area contributed by atoms with Crippen LogP contribution in [0.25, 0.3) is 22.6 Å². The zero-order chi connectivity index (χ0) is 16.6. The first kappa shape index (κ1) is 15.4. The Labute approximate surface area is 133 Å². The zero-order valence-corrected chi connectivity index (χ0v) is 12.4. The Kier molecular flexibility index (Phi) is 3.77. The van der Waals surface area contributed by atoms with E-state index in [1.165, 1.54) is 31.5 Å². The van der Waals surface area contributed by atoms with Crippen molar-refractivity contribution in [3.05, 3.63) is 41.2 Å². The highest BCUT2D eigenvalue weighted by molar-refractivity contribution is 6.33. The first-order valence-electron chi connectivity index (χ1n) is 6.31. The lowest BCUT2D eigenvalue weighted by Crippen LogP contribution is -2.08. The van der Waals surface area contributed by atoms with Crippen LogP contribution in [0.1, 0.15) is 5.56 Å². The van der Waals surface area contributed by atoms with Crippen LogP contribution in [0.2, 0.25) is 5.15 Å². The molecule has 0 aliphatic carbocycles. The van der Waals surface area contributed by atoms with Crippen LogP contribution in [-0.2, 0) is 6.18 Å². The van der Waals surface area contributed by atoms with E-state index in [4.69, 9.17) is 16.3 Å². The first-order chi connectivity index (χ1) is 10.9. The van der Waals surface area contributed by atoms with E-state index in [1.54, 1.807) is 0 Å². The fraction of sp³-hybridized carbons (Fsp3) is 0.143. The summed E-state index contributed by atoms with van der Waals surface area (Å²) in [6.45, 7) is 0. The van der Waals surface area contributed by atoms with Crippen LogP contribution in [-0.4, -0.2) is 27.0 Å². The molecule has 0 saturated carbocycles. The number of fused-ring (bicyclic) bond motifs is 1. The Morgan fingerprint density at radius 3 is 2.52 bits per heavy atom. The van der Waals surface area contributed by atoms with Crippen molar-refractivity contribution in [2.24, 2.45) is 0 Å². The van der Waals surface area contributed by atoms with Crippen LogP contribution >= 0.6 is 11.6 Å². The average molecular weight is 341 g/mol. The second-order valence-electron chi connectivity index (χ2n) is 4.47. The predicted molar refractivity (Wildman–Crippen MR) is 77.1 cm³/mol. The number of hydrogen-bond donors (Lipinski definition) is 0. The Hall–Kier alpha value is -2.48. The minimum Gasteiger partial charge on any atom is -0.480 e. The van der Waals surface area contributed by atoms with E-state index in [9.17, 15) is 13.2 Å². The summed E-state index contributed by atoms with van der Waals surface area (Å²) in [7, 11) is 1.40. The lowest BCUT2D eigenvalue weighted by molar-refractivity contribution is -0.137. The van der Waals surface area contributed by atoms with Crippen molar-refractivity contribution in [1.29, 1.82) is 0 Å². The second kappa shape index (κ2) is 5.62. The molecule has 118 valence electrons. The minimum atomic E-state index is -4.53. The average Bonchev–Trinajstić information content (AvgIpc) is 2.53. The molecule has 0 aliphatic heterocycles. The third kappa shape index (κ3) is 2.89. The summed E-state index contributed by atoms with van der Waals surface area (Å²) >= 11 is 6.02. The number of methoxy groups -OCH3 is 1. The molecule has 9 heteroatoms. The molecular formula is C14H8ClF3N4O. The van der Waals surface area contributed by atoms with Gasteiger partial charge in [-0.15, -0.1) is 0 Å². The maximum Gasteiger partial charge on any atom is 0.417 e. The van der Waals surface area contributed by atoms with Crippen LogP contribution in [0.4, 0.5) is 13.2 Å². The highest BCUT2D eigenvalue weighted by Gasteiger charge is 2.34. The summed E-state index contributed by atoms with van der Waals surface area (Å²) in [5, 5.41) is -0.103. The molecule has 5 nitrogen and oxygen atoms in total. The summed E-state index contributed by atoms with van der Waals surface area (Å²) < 4.78 is 44.3. The van der Waals surface area contributed by atoms with Gasteiger partial charge in [-0.05, 0) is 6.07 Å². The van der Waals surface area contributed by atoms with Gasteiger partial charge >= 0.3 is 6.18 Å². The monoisotopic (exact) mass is 340 g/mol. The smallest absolute Gasteiger partial charge is 0.417 e. The first-order valence-corrected chi connectivity index (χ1v) is 6.69. The van der Waals surface area contributed by atoms with Crippen molar-refractivity contribution < 1.29 is 17.9 Å². The third-order valence-corrected chi connectivity index (χ3v) is 3.29. The minimum absolute atomic E-state index is 0.0813. The van der Waals surface area contributed by atoms with Gasteiger partial charge in [-0.2, -0.15) is 13.2 Å². The molecule has 23 heavy (non-hydrogen) atoms. The molecule has 0 fully saturated rings. The lowest BCUT2D eigenvalue weighted by Gasteiger charge is -2.12. The number of nitrogens with zero attached hydrogens (tertiary/aromatic N) is 4. The van der Waals surface area contributed by atoms with Gasteiger partial charge in [-0.25, -0.2) is 19.9 Å². The molecule has 0 bridgehead atoms. The molecule has 0 amide bonds. The van der Waals surface area contributed by atoms with Crippen molar-refractivity contribution in [3.8, 4) is 17.3 Å². The Bertz CT molecular complexity index is 886. The molecule has 2 heterocycles. The van der Waals surface area contributed by atoms with E-state index in [0.29, 0.717) is 0 Å². The number of rotatable bonds is 2. The van der Waals surface area contributed by atoms with E-state index in [1.807, 2.05) is 0 Å². The lowest BCUT2D eigenvalue weighted by atomic mass is 10.1. The Morgan fingerprint density at radius 1 is 1.09 bits per heavy atom. The SMILES string of the molecule is COc1cnc2nc(-c3ccccc3C(F)(F)F)nc(Cl)c2n1. The molecule has 0 saturated heterocycles. The molecular weight excluding hydrogens is 333 g/mol. The van der Waals surface area contributed by atoms with Gasteiger partial charge in [-0.3, -0.25) is 0 Å². The van der Waals surface area contributed by atoms with Gasteiger partial charge in [-0.1, -0.05) is 29.8 Å². The molecule has 0 N–H and O–H groups in total. The van der Waals surface area contributed by atoms with Crippen LogP contribution in [0.3, 0.4) is 0 Å². The van der Waals surface area contributed by atoms with Crippen LogP contribution in [0.15, 0.2) is 30.5 Å². The van der Waals surface area contributed by atoms with Gasteiger partial charge in [0, 0.05) is 5.56 Å². The topological polar surface area (TPSA) is 60.8 Å². The molecule has 2 aromatic heterocycles. The number of aromatic nitrogens is 4. The van der Waals surface area contributed by atoms with Gasteiger partial charge in [0.2, 0.25) is 5.88 Å². The summed E-state index contributed by atoms with van der Waals surface area (Å²) in [4.78, 5) is 16.0. The fourth-order valence-corrected chi connectivity index (χ4v) is 2.21. The molecule has 1 aromatic carbocycles. The zero-order valence-electron chi connectivity index (χ0n) is 11.6. The predicted octanol–water partition coefficient (Wildman–Crippen LogP) is 3.77. The van der Waals surface area contributed by atoms with Gasteiger partial charge in [0.15, 0.2) is 16.6 Å². The number of benzene rings is 1. The molecule has 0 spiro atoms. The number of hydrogen-bond acceptors (Lipinski definition) is 5. The maximum atomic E-state index is 13.1. The maximum absolute atomic E-state index is 13.1. The number of halogens is 4. The summed E-state index contributed by atoms with van der Waals surface area (Å²) in [5.41, 5.74) is -0.796. The quantitative estimate of drug-likeness (QED) is 0.665. The second-order valence-corrected chi connectivity index (χ2v) is 4.82. The van der Waals surface area contributed by atoms with Crippen molar-refractivity contribution in [1.82, 2.24) is 19.9 Å². The highest BCUT2D eigenvalue weighted by Crippen LogP contribution is 2.36. The van der Waals surface area contributed by atoms with Crippen LogP contribution < -0.4 is 4.74 Å². The fourth-order valence-electron chi connectivity index (χ4n) is 2.00. The highest BCUT2D eigenvalue weighted by atomic mass is 35.5. The van der Waals surface area contributed by atoms with E-state index < -0.39 is 11.7 Å². The van der Waals surface area contributed by atoms with Crippen molar-refractivity contribution >= 4 is 22.8 Å². The van der Waals surface area contributed by atoms with Gasteiger partial charge in [0.05, 0.1) is 18.9 Å². The Balaban J connectivity index is 2.23. The number of ether oxygens (including phenoxy) is 1. The van der Waals surface area contributed by atoms with Gasteiger partial charge in [0.1, 0.15) is 5.52 Å². The van der Waals surface area contributed by atoms with Gasteiger partial charge in [0.25, 0.3) is 0 Å². The molecule has 0 radical (unpaired) electrons.